The molecule has 2 nitrogen and oxygen atoms in total. The highest BCUT2D eigenvalue weighted by molar-refractivity contribution is 6.42. The zero-order valence-electron chi connectivity index (χ0n) is 11.0. The molecule has 0 unspecified atom stereocenters. The Morgan fingerprint density at radius 2 is 2.05 bits per heavy atom. The Bertz CT molecular complexity index is 479. The minimum Gasteiger partial charge on any atom is -0.396 e. The maximum Gasteiger partial charge on any atom is 0.0595 e. The van der Waals surface area contributed by atoms with Crippen molar-refractivity contribution in [3.63, 3.8) is 0 Å². The normalized spacial score (nSPS) is 34.7. The highest BCUT2D eigenvalue weighted by Gasteiger charge is 2.45. The fourth-order valence-corrected chi connectivity index (χ4v) is 4.26. The minimum atomic E-state index is 0.243. The lowest BCUT2D eigenvalue weighted by atomic mass is 9.76. The molecule has 0 saturated carbocycles. The Morgan fingerprint density at radius 3 is 2.74 bits per heavy atom. The molecule has 2 bridgehead atoms. The molecule has 2 heterocycles. The van der Waals surface area contributed by atoms with E-state index in [1.165, 1.54) is 18.4 Å². The average Bonchev–Trinajstić information content (AvgIpc) is 2.65. The lowest BCUT2D eigenvalue weighted by Crippen LogP contribution is -2.47. The number of piperidine rings is 1. The molecule has 2 saturated heterocycles. The van der Waals surface area contributed by atoms with Crippen molar-refractivity contribution < 1.29 is 5.11 Å². The van der Waals surface area contributed by atoms with Crippen LogP contribution in [0, 0.1) is 5.92 Å². The molecule has 0 aliphatic carbocycles. The van der Waals surface area contributed by atoms with Crippen LogP contribution in [0.1, 0.15) is 30.7 Å². The third kappa shape index (κ3) is 2.29. The monoisotopic (exact) mass is 299 g/mol. The van der Waals surface area contributed by atoms with Gasteiger partial charge in [-0.15, -0.1) is 0 Å². The van der Waals surface area contributed by atoms with Crippen molar-refractivity contribution in [3.05, 3.63) is 33.8 Å². The first-order chi connectivity index (χ1) is 9.11. The van der Waals surface area contributed by atoms with E-state index in [1.54, 1.807) is 0 Å². The first-order valence-electron chi connectivity index (χ1n) is 6.89. The van der Waals surface area contributed by atoms with Crippen LogP contribution >= 0.6 is 23.2 Å². The van der Waals surface area contributed by atoms with E-state index in [4.69, 9.17) is 23.2 Å². The maximum atomic E-state index is 9.80. The molecular formula is C15H19Cl2NO. The van der Waals surface area contributed by atoms with Gasteiger partial charge >= 0.3 is 0 Å². The van der Waals surface area contributed by atoms with Crippen LogP contribution in [-0.2, 0) is 0 Å². The third-order valence-electron chi connectivity index (χ3n) is 5.01. The number of rotatable bonds is 2. The number of benzene rings is 1. The van der Waals surface area contributed by atoms with Gasteiger partial charge in [-0.3, -0.25) is 0 Å². The Balaban J connectivity index is 1.93. The zero-order valence-corrected chi connectivity index (χ0v) is 12.5. The number of aliphatic hydroxyl groups excluding tert-OH is 1. The summed E-state index contributed by atoms with van der Waals surface area (Å²) < 4.78 is 0. The Morgan fingerprint density at radius 1 is 1.26 bits per heavy atom. The number of fused-ring (bicyclic) bond motifs is 2. The van der Waals surface area contributed by atoms with Crippen molar-refractivity contribution in [1.29, 1.82) is 0 Å². The van der Waals surface area contributed by atoms with Crippen molar-refractivity contribution in [2.45, 2.75) is 37.3 Å². The SMILES string of the molecule is CN1[C@H]2CC[C@@H]1[C@H](CO)[C@H](c1ccc(Cl)c(Cl)c1)C2. The van der Waals surface area contributed by atoms with Gasteiger partial charge in [-0.2, -0.15) is 0 Å². The topological polar surface area (TPSA) is 23.5 Å². The number of aliphatic hydroxyl groups is 1. The van der Waals surface area contributed by atoms with Crippen LogP contribution in [0.4, 0.5) is 0 Å². The van der Waals surface area contributed by atoms with Gasteiger partial charge in [0, 0.05) is 24.6 Å². The highest BCUT2D eigenvalue weighted by Crippen LogP contribution is 2.46. The van der Waals surface area contributed by atoms with Gasteiger partial charge in [-0.05, 0) is 49.9 Å². The number of hydrogen-bond acceptors (Lipinski definition) is 2. The van der Waals surface area contributed by atoms with E-state index in [9.17, 15) is 5.11 Å². The summed E-state index contributed by atoms with van der Waals surface area (Å²) in [4.78, 5) is 2.45. The van der Waals surface area contributed by atoms with E-state index in [1.807, 2.05) is 12.1 Å². The van der Waals surface area contributed by atoms with Gasteiger partial charge in [0.15, 0.2) is 0 Å². The summed E-state index contributed by atoms with van der Waals surface area (Å²) in [6.07, 6.45) is 3.55. The molecule has 19 heavy (non-hydrogen) atoms. The van der Waals surface area contributed by atoms with Crippen LogP contribution in [0.15, 0.2) is 18.2 Å². The van der Waals surface area contributed by atoms with E-state index < -0.39 is 0 Å². The fraction of sp³-hybridized carbons (Fsp3) is 0.600. The molecular weight excluding hydrogens is 281 g/mol. The predicted octanol–water partition coefficient (Wildman–Crippen LogP) is 3.55. The van der Waals surface area contributed by atoms with Gasteiger partial charge in [0.1, 0.15) is 0 Å². The van der Waals surface area contributed by atoms with Crippen LogP contribution in [0.25, 0.3) is 0 Å². The lowest BCUT2D eigenvalue weighted by Gasteiger charge is -2.42. The molecule has 2 fully saturated rings. The Labute approximate surface area is 124 Å². The van der Waals surface area contributed by atoms with Crippen molar-refractivity contribution in [2.24, 2.45) is 5.92 Å². The van der Waals surface area contributed by atoms with Gasteiger partial charge in [0.2, 0.25) is 0 Å². The molecule has 0 amide bonds. The molecule has 1 N–H and O–H groups in total. The van der Waals surface area contributed by atoms with Crippen molar-refractivity contribution in [2.75, 3.05) is 13.7 Å². The summed E-state index contributed by atoms with van der Waals surface area (Å²) in [6, 6.07) is 7.05. The van der Waals surface area contributed by atoms with Crippen molar-refractivity contribution in [3.8, 4) is 0 Å². The molecule has 0 aromatic heterocycles. The third-order valence-corrected chi connectivity index (χ3v) is 5.75. The molecule has 0 spiro atoms. The summed E-state index contributed by atoms with van der Waals surface area (Å²) in [7, 11) is 2.19. The summed E-state index contributed by atoms with van der Waals surface area (Å²) in [5.41, 5.74) is 1.22. The van der Waals surface area contributed by atoms with Gasteiger partial charge in [-0.25, -0.2) is 0 Å². The van der Waals surface area contributed by atoms with E-state index in [-0.39, 0.29) is 6.61 Å². The maximum absolute atomic E-state index is 9.80. The van der Waals surface area contributed by atoms with E-state index in [2.05, 4.69) is 18.0 Å². The van der Waals surface area contributed by atoms with E-state index in [0.29, 0.717) is 34.0 Å². The Hall–Kier alpha value is -0.280. The zero-order chi connectivity index (χ0) is 13.6. The number of hydrogen-bond donors (Lipinski definition) is 1. The molecule has 0 radical (unpaired) electrons. The van der Waals surface area contributed by atoms with Crippen LogP contribution in [0.2, 0.25) is 10.0 Å². The summed E-state index contributed by atoms with van der Waals surface area (Å²) in [5.74, 6) is 0.703. The van der Waals surface area contributed by atoms with Crippen LogP contribution < -0.4 is 0 Å². The smallest absolute Gasteiger partial charge is 0.0595 e. The number of nitrogens with zero attached hydrogens (tertiary/aromatic N) is 1. The van der Waals surface area contributed by atoms with Gasteiger partial charge < -0.3 is 10.0 Å². The molecule has 4 heteroatoms. The highest BCUT2D eigenvalue weighted by atomic mass is 35.5. The molecule has 4 atom stereocenters. The second-order valence-electron chi connectivity index (χ2n) is 5.83. The largest absolute Gasteiger partial charge is 0.396 e. The second-order valence-corrected chi connectivity index (χ2v) is 6.64. The standard InChI is InChI=1S/C15H19Cl2NO/c1-18-10-3-5-15(18)12(8-19)11(7-10)9-2-4-13(16)14(17)6-9/h2,4,6,10-12,15,19H,3,5,7-8H2,1H3/t10-,11-,12+,15+/m0/s1. The molecule has 3 rings (SSSR count). The van der Waals surface area contributed by atoms with Crippen LogP contribution in [0.3, 0.4) is 0 Å². The molecule has 2 aliphatic rings. The average molecular weight is 300 g/mol. The van der Waals surface area contributed by atoms with Gasteiger partial charge in [0.25, 0.3) is 0 Å². The molecule has 104 valence electrons. The first kappa shape index (κ1) is 13.7. The van der Waals surface area contributed by atoms with Gasteiger partial charge in [-0.1, -0.05) is 29.3 Å². The summed E-state index contributed by atoms with van der Waals surface area (Å²) >= 11 is 12.1. The van der Waals surface area contributed by atoms with E-state index in [0.717, 1.165) is 6.42 Å². The van der Waals surface area contributed by atoms with Crippen molar-refractivity contribution in [1.82, 2.24) is 4.90 Å². The van der Waals surface area contributed by atoms with E-state index >= 15 is 0 Å². The predicted molar refractivity (Wildman–Crippen MR) is 79.0 cm³/mol. The lowest BCUT2D eigenvalue weighted by molar-refractivity contribution is 0.0592. The van der Waals surface area contributed by atoms with Crippen molar-refractivity contribution >= 4 is 23.2 Å². The number of halogens is 2. The molecule has 1 aromatic rings. The minimum absolute atomic E-state index is 0.243. The molecule has 2 aliphatic heterocycles. The summed E-state index contributed by atoms with van der Waals surface area (Å²) in [6.45, 7) is 0.243. The quantitative estimate of drug-likeness (QED) is 0.903. The van der Waals surface area contributed by atoms with Crippen LogP contribution in [-0.4, -0.2) is 35.7 Å². The molecule has 1 aromatic carbocycles. The second kappa shape index (κ2) is 5.25. The Kier molecular flexibility index (Phi) is 3.78. The summed E-state index contributed by atoms with van der Waals surface area (Å²) in [5, 5.41) is 11.0. The first-order valence-corrected chi connectivity index (χ1v) is 7.65. The van der Waals surface area contributed by atoms with Crippen LogP contribution in [0.5, 0.6) is 0 Å². The van der Waals surface area contributed by atoms with Gasteiger partial charge in [0.05, 0.1) is 10.0 Å². The fourth-order valence-electron chi connectivity index (χ4n) is 3.95.